The first-order valence-electron chi connectivity index (χ1n) is 8.32. The van der Waals surface area contributed by atoms with Gasteiger partial charge in [0.1, 0.15) is 0 Å². The molecule has 2 aliphatic rings. The molecular weight excluding hydrogens is 328 g/mol. The third kappa shape index (κ3) is 4.06. The maximum absolute atomic E-state index is 12.3. The van der Waals surface area contributed by atoms with Crippen LogP contribution >= 0.6 is 0 Å². The van der Waals surface area contributed by atoms with Crippen LogP contribution in [0.4, 0.5) is 5.69 Å². The second-order valence-electron chi connectivity index (χ2n) is 6.40. The van der Waals surface area contributed by atoms with Gasteiger partial charge in [-0.05, 0) is 43.7 Å². The van der Waals surface area contributed by atoms with Crippen LogP contribution in [0.3, 0.4) is 0 Å². The van der Waals surface area contributed by atoms with E-state index < -0.39 is 10.0 Å². The SMILES string of the molecule is NS(=O)(=O)c1ccc(N2CCN(C(=O)CC3CCCN3)CC2)cc1. The number of primary sulfonamides is 1. The minimum atomic E-state index is -3.66. The van der Waals surface area contributed by atoms with Gasteiger partial charge in [-0.3, -0.25) is 4.79 Å². The molecule has 7 nitrogen and oxygen atoms in total. The molecular formula is C16H24N4O3S. The fourth-order valence-electron chi connectivity index (χ4n) is 3.33. The topological polar surface area (TPSA) is 95.7 Å². The highest BCUT2D eigenvalue weighted by atomic mass is 32.2. The van der Waals surface area contributed by atoms with E-state index in [0.29, 0.717) is 25.6 Å². The van der Waals surface area contributed by atoms with E-state index in [0.717, 1.165) is 38.2 Å². The van der Waals surface area contributed by atoms with Crippen molar-refractivity contribution in [2.24, 2.45) is 5.14 Å². The van der Waals surface area contributed by atoms with Gasteiger partial charge in [-0.15, -0.1) is 0 Å². The molecule has 2 aliphatic heterocycles. The number of hydrogen-bond donors (Lipinski definition) is 2. The van der Waals surface area contributed by atoms with Crippen molar-refractivity contribution in [3.63, 3.8) is 0 Å². The lowest BCUT2D eigenvalue weighted by Crippen LogP contribution is -2.49. The van der Waals surface area contributed by atoms with Gasteiger partial charge < -0.3 is 15.1 Å². The van der Waals surface area contributed by atoms with Crippen LogP contribution in [0, 0.1) is 0 Å². The van der Waals surface area contributed by atoms with Crippen LogP contribution in [-0.2, 0) is 14.8 Å². The lowest BCUT2D eigenvalue weighted by molar-refractivity contribution is -0.131. The van der Waals surface area contributed by atoms with Crippen molar-refractivity contribution < 1.29 is 13.2 Å². The molecule has 0 saturated carbocycles. The molecule has 2 saturated heterocycles. The van der Waals surface area contributed by atoms with Gasteiger partial charge >= 0.3 is 0 Å². The van der Waals surface area contributed by atoms with Gasteiger partial charge in [0.25, 0.3) is 0 Å². The van der Waals surface area contributed by atoms with Gasteiger partial charge in [0, 0.05) is 44.3 Å². The van der Waals surface area contributed by atoms with Crippen molar-refractivity contribution in [1.82, 2.24) is 10.2 Å². The number of hydrogen-bond acceptors (Lipinski definition) is 5. The Morgan fingerprint density at radius 3 is 2.38 bits per heavy atom. The van der Waals surface area contributed by atoms with Crippen LogP contribution in [-0.4, -0.2) is 58.0 Å². The largest absolute Gasteiger partial charge is 0.368 e. The molecule has 8 heteroatoms. The average Bonchev–Trinajstić information content (AvgIpc) is 3.07. The maximum Gasteiger partial charge on any atom is 0.238 e. The first-order valence-corrected chi connectivity index (χ1v) is 9.87. The van der Waals surface area contributed by atoms with Gasteiger partial charge in [-0.25, -0.2) is 13.6 Å². The number of carbonyl (C=O) groups is 1. The molecule has 0 aromatic heterocycles. The molecule has 0 radical (unpaired) electrons. The van der Waals surface area contributed by atoms with Crippen molar-refractivity contribution in [2.45, 2.75) is 30.2 Å². The summed E-state index contributed by atoms with van der Waals surface area (Å²) in [5.74, 6) is 0.221. The van der Waals surface area contributed by atoms with Gasteiger partial charge in [-0.2, -0.15) is 0 Å². The maximum atomic E-state index is 12.3. The fourth-order valence-corrected chi connectivity index (χ4v) is 3.85. The lowest BCUT2D eigenvalue weighted by Gasteiger charge is -2.36. The molecule has 132 valence electrons. The molecule has 2 fully saturated rings. The van der Waals surface area contributed by atoms with Crippen LogP contribution in [0.25, 0.3) is 0 Å². The Morgan fingerprint density at radius 2 is 1.83 bits per heavy atom. The molecule has 3 rings (SSSR count). The number of benzene rings is 1. The molecule has 1 amide bonds. The minimum absolute atomic E-state index is 0.115. The van der Waals surface area contributed by atoms with E-state index >= 15 is 0 Å². The summed E-state index contributed by atoms with van der Waals surface area (Å²) in [5.41, 5.74) is 0.951. The molecule has 1 unspecified atom stereocenters. The summed E-state index contributed by atoms with van der Waals surface area (Å²) in [5, 5.41) is 8.47. The van der Waals surface area contributed by atoms with Gasteiger partial charge in [-0.1, -0.05) is 0 Å². The van der Waals surface area contributed by atoms with Gasteiger partial charge in [0.05, 0.1) is 4.90 Å². The monoisotopic (exact) mass is 352 g/mol. The third-order valence-corrected chi connectivity index (χ3v) is 5.68. The highest BCUT2D eigenvalue weighted by molar-refractivity contribution is 7.89. The molecule has 1 aromatic rings. The second kappa shape index (κ2) is 7.08. The van der Waals surface area contributed by atoms with Crippen molar-refractivity contribution in [2.75, 3.05) is 37.6 Å². The van der Waals surface area contributed by atoms with E-state index in [2.05, 4.69) is 10.2 Å². The first-order chi connectivity index (χ1) is 11.4. The van der Waals surface area contributed by atoms with Gasteiger partial charge in [0.15, 0.2) is 0 Å². The third-order valence-electron chi connectivity index (χ3n) is 4.75. The molecule has 0 spiro atoms. The van der Waals surface area contributed by atoms with Gasteiger partial charge in [0.2, 0.25) is 15.9 Å². The normalized spacial score (nSPS) is 22.0. The van der Waals surface area contributed by atoms with Crippen molar-refractivity contribution >= 4 is 21.6 Å². The molecule has 0 aliphatic carbocycles. The predicted molar refractivity (Wildman–Crippen MR) is 92.2 cm³/mol. The summed E-state index contributed by atoms with van der Waals surface area (Å²) in [6.07, 6.45) is 2.82. The summed E-state index contributed by atoms with van der Waals surface area (Å²) in [7, 11) is -3.66. The number of piperazine rings is 1. The fraction of sp³-hybridized carbons (Fsp3) is 0.562. The van der Waals surface area contributed by atoms with E-state index in [1.807, 2.05) is 4.90 Å². The summed E-state index contributed by atoms with van der Waals surface area (Å²) >= 11 is 0. The van der Waals surface area contributed by atoms with Crippen LogP contribution in [0.2, 0.25) is 0 Å². The Hall–Kier alpha value is -1.64. The van der Waals surface area contributed by atoms with Crippen LogP contribution in [0.15, 0.2) is 29.2 Å². The van der Waals surface area contributed by atoms with E-state index in [-0.39, 0.29) is 10.8 Å². The lowest BCUT2D eigenvalue weighted by atomic mass is 10.1. The zero-order chi connectivity index (χ0) is 17.2. The molecule has 3 N–H and O–H groups in total. The van der Waals surface area contributed by atoms with Crippen LogP contribution in [0.5, 0.6) is 0 Å². The number of nitrogens with two attached hydrogens (primary N) is 1. The summed E-state index contributed by atoms with van der Waals surface area (Å²) in [4.78, 5) is 16.5. The van der Waals surface area contributed by atoms with E-state index in [1.54, 1.807) is 12.1 Å². The van der Waals surface area contributed by atoms with Crippen molar-refractivity contribution in [1.29, 1.82) is 0 Å². The minimum Gasteiger partial charge on any atom is -0.368 e. The Morgan fingerprint density at radius 1 is 1.17 bits per heavy atom. The summed E-state index contributed by atoms with van der Waals surface area (Å²) in [6.45, 7) is 3.91. The number of nitrogens with zero attached hydrogens (tertiary/aromatic N) is 2. The summed E-state index contributed by atoms with van der Waals surface area (Å²) < 4.78 is 22.6. The Labute approximate surface area is 142 Å². The smallest absolute Gasteiger partial charge is 0.238 e. The zero-order valence-electron chi connectivity index (χ0n) is 13.6. The quantitative estimate of drug-likeness (QED) is 0.803. The van der Waals surface area contributed by atoms with Crippen LogP contribution < -0.4 is 15.4 Å². The highest BCUT2D eigenvalue weighted by Gasteiger charge is 2.25. The van der Waals surface area contributed by atoms with E-state index in [4.69, 9.17) is 5.14 Å². The average molecular weight is 352 g/mol. The first kappa shape index (κ1) is 17.2. The number of sulfonamides is 1. The standard InChI is InChI=1S/C16H24N4O3S/c17-24(22,23)15-5-3-14(4-6-15)19-8-10-20(11-9-19)16(21)12-13-2-1-7-18-13/h3-6,13,18H,1-2,7-12H2,(H2,17,22,23). The molecule has 1 atom stereocenters. The highest BCUT2D eigenvalue weighted by Crippen LogP contribution is 2.19. The Kier molecular flexibility index (Phi) is 5.07. The summed E-state index contributed by atoms with van der Waals surface area (Å²) in [6, 6.07) is 6.91. The number of rotatable bonds is 4. The van der Waals surface area contributed by atoms with E-state index in [1.165, 1.54) is 12.1 Å². The zero-order valence-corrected chi connectivity index (χ0v) is 14.5. The molecule has 1 aromatic carbocycles. The molecule has 0 bridgehead atoms. The van der Waals surface area contributed by atoms with Crippen LogP contribution in [0.1, 0.15) is 19.3 Å². The number of carbonyl (C=O) groups excluding carboxylic acids is 1. The Bertz CT molecular complexity index is 676. The Balaban J connectivity index is 1.53. The second-order valence-corrected chi connectivity index (χ2v) is 7.97. The number of amides is 1. The van der Waals surface area contributed by atoms with Crippen molar-refractivity contribution in [3.05, 3.63) is 24.3 Å². The van der Waals surface area contributed by atoms with E-state index in [9.17, 15) is 13.2 Å². The molecule has 24 heavy (non-hydrogen) atoms. The van der Waals surface area contributed by atoms with Crippen molar-refractivity contribution in [3.8, 4) is 0 Å². The number of anilines is 1. The predicted octanol–water partition coefficient (Wildman–Crippen LogP) is 0.125. The molecule has 2 heterocycles. The number of nitrogens with one attached hydrogen (secondary N) is 1.